The fourth-order valence-electron chi connectivity index (χ4n) is 1.57. The molecule has 0 saturated heterocycles. The molecule has 92 valence electrons. The summed E-state index contributed by atoms with van der Waals surface area (Å²) in [5.74, 6) is 0.881. The Morgan fingerprint density at radius 2 is 1.89 bits per heavy atom. The molecule has 2 aromatic carbocycles. The van der Waals surface area contributed by atoms with Crippen molar-refractivity contribution in [3.8, 4) is 5.75 Å². The van der Waals surface area contributed by atoms with E-state index in [2.05, 4.69) is 22.6 Å². The van der Waals surface area contributed by atoms with E-state index < -0.39 is 0 Å². The largest absolute Gasteiger partial charge is 0.488 e. The molecule has 0 heterocycles. The molecule has 2 aromatic rings. The van der Waals surface area contributed by atoms with Crippen molar-refractivity contribution in [3.05, 3.63) is 63.2 Å². The minimum Gasteiger partial charge on any atom is -0.488 e. The van der Waals surface area contributed by atoms with Crippen LogP contribution in [0.1, 0.15) is 22.8 Å². The van der Waals surface area contributed by atoms with Gasteiger partial charge in [-0.2, -0.15) is 0 Å². The quantitative estimate of drug-likeness (QED) is 0.613. The van der Waals surface area contributed by atoms with Crippen molar-refractivity contribution in [2.75, 3.05) is 0 Å². The first-order valence-corrected chi connectivity index (χ1v) is 6.72. The predicted molar refractivity (Wildman–Crippen MR) is 79.9 cm³/mol. The minimum absolute atomic E-state index is 0.0718. The Morgan fingerprint density at radius 1 is 1.17 bits per heavy atom. The van der Waals surface area contributed by atoms with Crippen LogP contribution in [0.2, 0.25) is 0 Å². The molecule has 0 bridgehead atoms. The monoisotopic (exact) mass is 352 g/mol. The highest BCUT2D eigenvalue weighted by Gasteiger charge is 2.05. The van der Waals surface area contributed by atoms with Crippen LogP contribution in [0.4, 0.5) is 0 Å². The summed E-state index contributed by atoms with van der Waals surface area (Å²) in [4.78, 5) is 11.2. The smallest absolute Gasteiger partial charge is 0.159 e. The van der Waals surface area contributed by atoms with Gasteiger partial charge in [0.15, 0.2) is 5.78 Å². The highest BCUT2D eigenvalue weighted by molar-refractivity contribution is 14.1. The lowest BCUT2D eigenvalue weighted by atomic mass is 10.1. The molecule has 0 N–H and O–H groups in total. The lowest BCUT2D eigenvalue weighted by Gasteiger charge is -2.09. The molecule has 0 fully saturated rings. The van der Waals surface area contributed by atoms with Crippen LogP contribution in [0.5, 0.6) is 5.75 Å². The number of benzene rings is 2. The summed E-state index contributed by atoms with van der Waals surface area (Å²) in [6.45, 7) is 2.10. The first-order chi connectivity index (χ1) is 8.66. The predicted octanol–water partition coefficient (Wildman–Crippen LogP) is 4.07. The van der Waals surface area contributed by atoms with Gasteiger partial charge in [0.05, 0.1) is 3.57 Å². The Morgan fingerprint density at radius 3 is 2.50 bits per heavy atom. The number of hydrogen-bond donors (Lipinski definition) is 0. The van der Waals surface area contributed by atoms with E-state index >= 15 is 0 Å². The van der Waals surface area contributed by atoms with E-state index in [-0.39, 0.29) is 5.78 Å². The Bertz CT molecular complexity index is 550. The van der Waals surface area contributed by atoms with Gasteiger partial charge in [-0.1, -0.05) is 30.3 Å². The molecular formula is C15H13IO2. The Kier molecular flexibility index (Phi) is 4.36. The third-order valence-electron chi connectivity index (χ3n) is 2.58. The topological polar surface area (TPSA) is 26.3 Å². The Balaban J connectivity index is 2.08. The number of rotatable bonds is 4. The molecule has 0 saturated carbocycles. The molecule has 0 amide bonds. The van der Waals surface area contributed by atoms with E-state index in [0.29, 0.717) is 12.2 Å². The third-order valence-corrected chi connectivity index (χ3v) is 3.42. The normalized spacial score (nSPS) is 10.1. The number of ether oxygens (including phenoxy) is 1. The SMILES string of the molecule is CC(=O)c1ccc(OCc2ccccc2)c(I)c1. The van der Waals surface area contributed by atoms with Gasteiger partial charge in [0, 0.05) is 5.56 Å². The Hall–Kier alpha value is -1.36. The van der Waals surface area contributed by atoms with Gasteiger partial charge in [-0.15, -0.1) is 0 Å². The Labute approximate surface area is 120 Å². The zero-order valence-corrected chi connectivity index (χ0v) is 12.2. The standard InChI is InChI=1S/C15H13IO2/c1-11(17)13-7-8-15(14(16)9-13)18-10-12-5-3-2-4-6-12/h2-9H,10H2,1H3. The van der Waals surface area contributed by atoms with Gasteiger partial charge in [0.1, 0.15) is 12.4 Å². The van der Waals surface area contributed by atoms with E-state index in [1.54, 1.807) is 13.0 Å². The summed E-state index contributed by atoms with van der Waals surface area (Å²) < 4.78 is 6.69. The zero-order valence-electron chi connectivity index (χ0n) is 10.0. The molecule has 0 atom stereocenters. The van der Waals surface area contributed by atoms with Gasteiger partial charge in [-0.05, 0) is 53.3 Å². The van der Waals surface area contributed by atoms with Crippen molar-refractivity contribution < 1.29 is 9.53 Å². The molecule has 0 radical (unpaired) electrons. The fourth-order valence-corrected chi connectivity index (χ4v) is 2.24. The summed E-state index contributed by atoms with van der Waals surface area (Å²) >= 11 is 2.18. The maximum Gasteiger partial charge on any atom is 0.159 e. The summed E-state index contributed by atoms with van der Waals surface area (Å²) in [5.41, 5.74) is 1.84. The van der Waals surface area contributed by atoms with E-state index in [1.807, 2.05) is 42.5 Å². The number of carbonyl (C=O) groups excluding carboxylic acids is 1. The average molecular weight is 352 g/mol. The maximum atomic E-state index is 11.2. The maximum absolute atomic E-state index is 11.2. The van der Waals surface area contributed by atoms with Crippen molar-refractivity contribution in [2.45, 2.75) is 13.5 Å². The van der Waals surface area contributed by atoms with Gasteiger partial charge >= 0.3 is 0 Å². The van der Waals surface area contributed by atoms with Gasteiger partial charge < -0.3 is 4.74 Å². The van der Waals surface area contributed by atoms with Crippen LogP contribution in [0.25, 0.3) is 0 Å². The number of ketones is 1. The second kappa shape index (κ2) is 6.00. The lowest BCUT2D eigenvalue weighted by molar-refractivity contribution is 0.101. The van der Waals surface area contributed by atoms with Gasteiger partial charge in [-0.3, -0.25) is 4.79 Å². The van der Waals surface area contributed by atoms with E-state index in [1.165, 1.54) is 0 Å². The molecule has 3 heteroatoms. The summed E-state index contributed by atoms with van der Waals surface area (Å²) in [6, 6.07) is 15.5. The highest BCUT2D eigenvalue weighted by Crippen LogP contribution is 2.23. The van der Waals surface area contributed by atoms with Crippen LogP contribution in [-0.4, -0.2) is 5.78 Å². The van der Waals surface area contributed by atoms with E-state index in [0.717, 1.165) is 14.9 Å². The number of hydrogen-bond acceptors (Lipinski definition) is 2. The van der Waals surface area contributed by atoms with Crippen LogP contribution in [0.3, 0.4) is 0 Å². The molecule has 0 aromatic heterocycles. The second-order valence-electron chi connectivity index (χ2n) is 3.98. The molecule has 0 spiro atoms. The van der Waals surface area contributed by atoms with Gasteiger partial charge in [0.2, 0.25) is 0 Å². The summed E-state index contributed by atoms with van der Waals surface area (Å²) in [5, 5.41) is 0. The first kappa shape index (κ1) is 13.1. The fraction of sp³-hybridized carbons (Fsp3) is 0.133. The summed E-state index contributed by atoms with van der Waals surface area (Å²) in [6.07, 6.45) is 0. The van der Waals surface area contributed by atoms with Crippen molar-refractivity contribution in [1.82, 2.24) is 0 Å². The van der Waals surface area contributed by atoms with Crippen molar-refractivity contribution in [1.29, 1.82) is 0 Å². The van der Waals surface area contributed by atoms with Crippen molar-refractivity contribution >= 4 is 28.4 Å². The number of halogens is 1. The van der Waals surface area contributed by atoms with Crippen LogP contribution in [0.15, 0.2) is 48.5 Å². The van der Waals surface area contributed by atoms with Crippen molar-refractivity contribution in [3.63, 3.8) is 0 Å². The number of Topliss-reactive ketones (excluding diaryl/α,β-unsaturated/α-hetero) is 1. The highest BCUT2D eigenvalue weighted by atomic mass is 127. The van der Waals surface area contributed by atoms with E-state index in [9.17, 15) is 4.79 Å². The molecule has 18 heavy (non-hydrogen) atoms. The van der Waals surface area contributed by atoms with Crippen molar-refractivity contribution in [2.24, 2.45) is 0 Å². The van der Waals surface area contributed by atoms with Crippen LogP contribution < -0.4 is 4.74 Å². The zero-order chi connectivity index (χ0) is 13.0. The van der Waals surface area contributed by atoms with Crippen LogP contribution >= 0.6 is 22.6 Å². The molecule has 2 nitrogen and oxygen atoms in total. The molecular weight excluding hydrogens is 339 g/mol. The van der Waals surface area contributed by atoms with E-state index in [4.69, 9.17) is 4.74 Å². The third kappa shape index (κ3) is 3.32. The molecule has 0 aliphatic heterocycles. The van der Waals surface area contributed by atoms with Gasteiger partial charge in [0.25, 0.3) is 0 Å². The van der Waals surface area contributed by atoms with Crippen LogP contribution in [-0.2, 0) is 6.61 Å². The van der Waals surface area contributed by atoms with Crippen LogP contribution in [0, 0.1) is 3.57 Å². The van der Waals surface area contributed by atoms with Gasteiger partial charge in [-0.25, -0.2) is 0 Å². The molecule has 2 rings (SSSR count). The molecule has 0 aliphatic carbocycles. The first-order valence-electron chi connectivity index (χ1n) is 5.64. The minimum atomic E-state index is 0.0718. The lowest BCUT2D eigenvalue weighted by Crippen LogP contribution is -1.99. The molecule has 0 unspecified atom stereocenters. The average Bonchev–Trinajstić information content (AvgIpc) is 2.38. The number of carbonyl (C=O) groups is 1. The molecule has 0 aliphatic rings. The second-order valence-corrected chi connectivity index (χ2v) is 5.14. The summed E-state index contributed by atoms with van der Waals surface area (Å²) in [7, 11) is 0.